The molecule has 0 spiro atoms. The van der Waals surface area contributed by atoms with Crippen molar-refractivity contribution in [1.29, 1.82) is 0 Å². The zero-order valence-corrected chi connectivity index (χ0v) is 14.1. The van der Waals surface area contributed by atoms with E-state index >= 15 is 0 Å². The molecule has 0 bridgehead atoms. The highest BCUT2D eigenvalue weighted by atomic mass is 35.5. The second kappa shape index (κ2) is 6.28. The maximum atomic E-state index is 6.17. The summed E-state index contributed by atoms with van der Waals surface area (Å²) in [5.74, 6) is 2.33. The molecule has 3 aromatic rings. The number of fused-ring (bicyclic) bond motifs is 1. The van der Waals surface area contributed by atoms with Crippen LogP contribution in [0.15, 0.2) is 30.6 Å². The predicted molar refractivity (Wildman–Crippen MR) is 93.7 cm³/mol. The molecule has 7 heteroatoms. The lowest BCUT2D eigenvalue weighted by Gasteiger charge is -2.26. The van der Waals surface area contributed by atoms with Crippen LogP contribution < -0.4 is 9.64 Å². The number of anilines is 1. The van der Waals surface area contributed by atoms with Gasteiger partial charge in [0.05, 0.1) is 17.4 Å². The van der Waals surface area contributed by atoms with Crippen LogP contribution in [0, 0.1) is 6.92 Å². The van der Waals surface area contributed by atoms with Gasteiger partial charge in [-0.2, -0.15) is 0 Å². The largest absolute Gasteiger partial charge is 0.490 e. The highest BCUT2D eigenvalue weighted by Crippen LogP contribution is 2.30. The Hall–Kier alpha value is -2.34. The van der Waals surface area contributed by atoms with Crippen LogP contribution >= 0.6 is 11.6 Å². The van der Waals surface area contributed by atoms with Crippen LogP contribution in [0.25, 0.3) is 11.2 Å². The third-order valence-electron chi connectivity index (χ3n) is 4.29. The Bertz CT molecular complexity index is 865. The van der Waals surface area contributed by atoms with E-state index in [1.54, 1.807) is 6.33 Å². The number of aromatic nitrogens is 4. The molecule has 1 aromatic carbocycles. The Morgan fingerprint density at radius 3 is 3.08 bits per heavy atom. The van der Waals surface area contributed by atoms with Gasteiger partial charge in [-0.05, 0) is 31.9 Å². The minimum absolute atomic E-state index is 0.246. The zero-order chi connectivity index (χ0) is 16.5. The van der Waals surface area contributed by atoms with Gasteiger partial charge in [-0.3, -0.25) is 0 Å². The summed E-state index contributed by atoms with van der Waals surface area (Å²) in [6.45, 7) is 3.41. The lowest BCUT2D eigenvalue weighted by Crippen LogP contribution is -2.35. The maximum absolute atomic E-state index is 6.17. The van der Waals surface area contributed by atoms with E-state index in [1.807, 2.05) is 31.2 Å². The van der Waals surface area contributed by atoms with Crippen molar-refractivity contribution in [2.45, 2.75) is 25.8 Å². The summed E-state index contributed by atoms with van der Waals surface area (Å²) >= 11 is 6.17. The van der Waals surface area contributed by atoms with Gasteiger partial charge in [0.2, 0.25) is 0 Å². The standard InChI is InChI=1S/C17H18ClN5O/c1-11-21-16-15(19-10-20-16)17(22-11)23-8-4-5-12(23)9-24-14-7-3-2-6-13(14)18/h2-3,6-7,10,12H,4-5,8-9H2,1H3,(H,19,20,21,22)/t12-/m1/s1. The number of para-hydroxylation sites is 1. The number of hydrogen-bond donors (Lipinski definition) is 1. The average Bonchev–Trinajstić information content (AvgIpc) is 3.22. The summed E-state index contributed by atoms with van der Waals surface area (Å²) in [6.07, 6.45) is 3.82. The molecule has 3 heterocycles. The Labute approximate surface area is 144 Å². The summed E-state index contributed by atoms with van der Waals surface area (Å²) in [4.78, 5) is 18.7. The molecule has 0 radical (unpaired) electrons. The summed E-state index contributed by atoms with van der Waals surface area (Å²) in [7, 11) is 0. The number of aromatic amines is 1. The van der Waals surface area contributed by atoms with Crippen molar-refractivity contribution in [3.05, 3.63) is 41.4 Å². The SMILES string of the molecule is Cc1nc(N2CCC[C@@H]2COc2ccccc2Cl)c2nc[nH]c2n1. The maximum Gasteiger partial charge on any atom is 0.163 e. The fraction of sp³-hybridized carbons (Fsp3) is 0.353. The van der Waals surface area contributed by atoms with Gasteiger partial charge in [0.15, 0.2) is 11.5 Å². The molecule has 24 heavy (non-hydrogen) atoms. The molecule has 1 N–H and O–H groups in total. The first-order valence-corrected chi connectivity index (χ1v) is 8.42. The third-order valence-corrected chi connectivity index (χ3v) is 4.60. The Morgan fingerprint density at radius 1 is 1.33 bits per heavy atom. The second-order valence-electron chi connectivity index (χ2n) is 5.93. The van der Waals surface area contributed by atoms with E-state index in [1.165, 1.54) is 0 Å². The monoisotopic (exact) mass is 343 g/mol. The van der Waals surface area contributed by atoms with Crippen molar-refractivity contribution in [3.8, 4) is 5.75 Å². The van der Waals surface area contributed by atoms with Gasteiger partial charge in [0, 0.05) is 6.54 Å². The molecule has 2 aromatic heterocycles. The van der Waals surface area contributed by atoms with Gasteiger partial charge < -0.3 is 14.6 Å². The summed E-state index contributed by atoms with van der Waals surface area (Å²) in [6, 6.07) is 7.80. The quantitative estimate of drug-likeness (QED) is 0.786. The zero-order valence-electron chi connectivity index (χ0n) is 13.4. The van der Waals surface area contributed by atoms with Crippen molar-refractivity contribution < 1.29 is 4.74 Å². The summed E-state index contributed by atoms with van der Waals surface area (Å²) in [5.41, 5.74) is 1.58. The minimum Gasteiger partial charge on any atom is -0.490 e. The number of imidazole rings is 1. The Kier molecular flexibility index (Phi) is 3.98. The van der Waals surface area contributed by atoms with Crippen LogP contribution in [0.1, 0.15) is 18.7 Å². The molecule has 1 aliphatic rings. The first kappa shape index (κ1) is 15.2. The van der Waals surface area contributed by atoms with Crippen molar-refractivity contribution in [2.24, 2.45) is 0 Å². The van der Waals surface area contributed by atoms with E-state index in [2.05, 4.69) is 24.8 Å². The number of hydrogen-bond acceptors (Lipinski definition) is 5. The first-order valence-electron chi connectivity index (χ1n) is 8.04. The van der Waals surface area contributed by atoms with Gasteiger partial charge in [0.25, 0.3) is 0 Å². The van der Waals surface area contributed by atoms with E-state index in [9.17, 15) is 0 Å². The fourth-order valence-electron chi connectivity index (χ4n) is 3.17. The molecule has 1 aliphatic heterocycles. The number of H-pyrrole nitrogens is 1. The number of aryl methyl sites for hydroxylation is 1. The average molecular weight is 344 g/mol. The van der Waals surface area contributed by atoms with Gasteiger partial charge in [-0.25, -0.2) is 15.0 Å². The molecular formula is C17H18ClN5O. The van der Waals surface area contributed by atoms with Crippen molar-refractivity contribution in [2.75, 3.05) is 18.1 Å². The van der Waals surface area contributed by atoms with Crippen LogP contribution in [0.4, 0.5) is 5.82 Å². The van der Waals surface area contributed by atoms with Crippen molar-refractivity contribution in [1.82, 2.24) is 19.9 Å². The lowest BCUT2D eigenvalue weighted by atomic mass is 10.2. The molecule has 6 nitrogen and oxygen atoms in total. The molecule has 1 fully saturated rings. The van der Waals surface area contributed by atoms with E-state index in [0.717, 1.165) is 47.9 Å². The predicted octanol–water partition coefficient (Wildman–Crippen LogP) is 3.36. The summed E-state index contributed by atoms with van der Waals surface area (Å²) < 4.78 is 5.95. The van der Waals surface area contributed by atoms with Crippen LogP contribution in [0.5, 0.6) is 5.75 Å². The van der Waals surface area contributed by atoms with Gasteiger partial charge >= 0.3 is 0 Å². The number of ether oxygens (including phenoxy) is 1. The van der Waals surface area contributed by atoms with Crippen LogP contribution in [0.2, 0.25) is 5.02 Å². The molecule has 0 saturated carbocycles. The summed E-state index contributed by atoms with van der Waals surface area (Å²) in [5, 5.41) is 0.634. The second-order valence-corrected chi connectivity index (χ2v) is 6.33. The van der Waals surface area contributed by atoms with E-state index in [-0.39, 0.29) is 6.04 Å². The topological polar surface area (TPSA) is 66.9 Å². The van der Waals surface area contributed by atoms with Crippen LogP contribution in [-0.2, 0) is 0 Å². The highest BCUT2D eigenvalue weighted by molar-refractivity contribution is 6.32. The number of benzene rings is 1. The molecule has 1 atom stereocenters. The molecule has 124 valence electrons. The third kappa shape index (κ3) is 2.78. The Morgan fingerprint density at radius 2 is 2.21 bits per heavy atom. The molecule has 4 rings (SSSR count). The number of nitrogens with zero attached hydrogens (tertiary/aromatic N) is 4. The van der Waals surface area contributed by atoms with Gasteiger partial charge in [-0.1, -0.05) is 23.7 Å². The van der Waals surface area contributed by atoms with E-state index in [4.69, 9.17) is 16.3 Å². The lowest BCUT2D eigenvalue weighted by molar-refractivity contribution is 0.288. The molecular weight excluding hydrogens is 326 g/mol. The number of halogens is 1. The van der Waals surface area contributed by atoms with Crippen LogP contribution in [-0.4, -0.2) is 39.1 Å². The number of rotatable bonds is 4. The van der Waals surface area contributed by atoms with E-state index in [0.29, 0.717) is 11.6 Å². The van der Waals surface area contributed by atoms with Crippen LogP contribution in [0.3, 0.4) is 0 Å². The molecule has 1 saturated heterocycles. The molecule has 0 unspecified atom stereocenters. The fourth-order valence-corrected chi connectivity index (χ4v) is 3.36. The highest BCUT2D eigenvalue weighted by Gasteiger charge is 2.29. The van der Waals surface area contributed by atoms with Gasteiger partial charge in [-0.15, -0.1) is 0 Å². The smallest absolute Gasteiger partial charge is 0.163 e. The minimum atomic E-state index is 0.246. The normalized spacial score (nSPS) is 17.6. The molecule has 0 aliphatic carbocycles. The van der Waals surface area contributed by atoms with E-state index < -0.39 is 0 Å². The number of nitrogens with one attached hydrogen (secondary N) is 1. The Balaban J connectivity index is 1.58. The van der Waals surface area contributed by atoms with Crippen molar-refractivity contribution >= 4 is 28.6 Å². The first-order chi connectivity index (χ1) is 11.7. The molecule has 0 amide bonds. The van der Waals surface area contributed by atoms with Crippen molar-refractivity contribution in [3.63, 3.8) is 0 Å². The van der Waals surface area contributed by atoms with Gasteiger partial charge in [0.1, 0.15) is 23.7 Å².